The zero-order valence-corrected chi connectivity index (χ0v) is 22.1. The molecule has 0 spiro atoms. The van der Waals surface area contributed by atoms with Gasteiger partial charge in [0.05, 0.1) is 31.1 Å². The second-order valence-corrected chi connectivity index (χ2v) is 9.42. The molecule has 0 atom stereocenters. The lowest BCUT2D eigenvalue weighted by molar-refractivity contribution is -0.120. The number of unbranched alkanes of at least 4 members (excludes halogenated alkanes) is 2. The molecule has 3 aromatic carbocycles. The summed E-state index contributed by atoms with van der Waals surface area (Å²) in [5.74, 6) is 2.92. The highest BCUT2D eigenvalue weighted by molar-refractivity contribution is 5.78. The Hall–Kier alpha value is -3.80. The number of hydrogen-bond acceptors (Lipinski definition) is 4. The monoisotopic (exact) mass is 499 g/mol. The molecule has 0 saturated heterocycles. The van der Waals surface area contributed by atoms with Crippen LogP contribution in [-0.4, -0.2) is 35.7 Å². The number of fused-ring (bicyclic) bond motifs is 1. The van der Waals surface area contributed by atoms with E-state index < -0.39 is 0 Å². The topological polar surface area (TPSA) is 65.4 Å². The summed E-state index contributed by atoms with van der Waals surface area (Å²) in [5.41, 5.74) is 5.47. The van der Waals surface area contributed by atoms with Gasteiger partial charge >= 0.3 is 0 Å². The number of carbonyl (C=O) groups is 1. The third-order valence-corrected chi connectivity index (χ3v) is 6.63. The third kappa shape index (κ3) is 7.13. The van der Waals surface area contributed by atoms with E-state index in [9.17, 15) is 4.79 Å². The average molecular weight is 500 g/mol. The van der Waals surface area contributed by atoms with Crippen molar-refractivity contribution in [3.8, 4) is 11.5 Å². The van der Waals surface area contributed by atoms with Gasteiger partial charge in [0.25, 0.3) is 0 Å². The quantitative estimate of drug-likeness (QED) is 0.236. The summed E-state index contributed by atoms with van der Waals surface area (Å²) in [6.45, 7) is 6.21. The first-order chi connectivity index (χ1) is 18.0. The molecule has 6 heteroatoms. The number of aryl methyl sites for hydroxylation is 3. The van der Waals surface area contributed by atoms with E-state index in [1.807, 2.05) is 30.3 Å². The summed E-state index contributed by atoms with van der Waals surface area (Å²) in [6, 6.07) is 22.1. The number of imidazole rings is 1. The molecule has 1 aromatic heterocycles. The predicted molar refractivity (Wildman–Crippen MR) is 148 cm³/mol. The largest absolute Gasteiger partial charge is 0.497 e. The van der Waals surface area contributed by atoms with Crippen LogP contribution < -0.4 is 14.8 Å². The lowest BCUT2D eigenvalue weighted by atomic mass is 10.1. The summed E-state index contributed by atoms with van der Waals surface area (Å²) < 4.78 is 13.6. The molecule has 37 heavy (non-hydrogen) atoms. The molecule has 0 saturated carbocycles. The molecule has 1 N–H and O–H groups in total. The van der Waals surface area contributed by atoms with Gasteiger partial charge in [0.15, 0.2) is 0 Å². The maximum atomic E-state index is 12.2. The van der Waals surface area contributed by atoms with Gasteiger partial charge in [-0.05, 0) is 67.6 Å². The molecule has 0 fully saturated rings. The van der Waals surface area contributed by atoms with Crippen molar-refractivity contribution in [3.05, 3.63) is 89.2 Å². The standard InChI is InChI=1S/C31H37N3O3/c1-23-10-9-11-24(2)31(23)37-21-20-34-28-13-7-6-12-27(28)33-29(34)14-5-4-8-19-32-30(35)22-25-15-17-26(36-3)18-16-25/h6-7,9-13,15-18H,4-5,8,14,19-22H2,1-3H3,(H,32,35). The number of aromatic nitrogens is 2. The first-order valence-electron chi connectivity index (χ1n) is 13.1. The van der Waals surface area contributed by atoms with E-state index in [2.05, 4.69) is 60.1 Å². The summed E-state index contributed by atoms with van der Waals surface area (Å²) in [6.07, 6.45) is 4.29. The fourth-order valence-corrected chi connectivity index (χ4v) is 4.64. The number of amides is 1. The first-order valence-corrected chi connectivity index (χ1v) is 13.1. The van der Waals surface area contributed by atoms with Gasteiger partial charge in [-0.2, -0.15) is 0 Å². The average Bonchev–Trinajstić information content (AvgIpc) is 3.25. The summed E-state index contributed by atoms with van der Waals surface area (Å²) in [7, 11) is 1.64. The van der Waals surface area contributed by atoms with Crippen LogP contribution in [0.2, 0.25) is 0 Å². The summed E-state index contributed by atoms with van der Waals surface area (Å²) in [5, 5.41) is 3.04. The van der Waals surface area contributed by atoms with Gasteiger partial charge in [-0.1, -0.05) is 48.9 Å². The molecule has 4 rings (SSSR count). The molecule has 1 amide bonds. The number of rotatable bonds is 13. The Morgan fingerprint density at radius 2 is 1.68 bits per heavy atom. The molecular formula is C31H37N3O3. The number of ether oxygens (including phenoxy) is 2. The molecule has 0 unspecified atom stereocenters. The van der Waals surface area contributed by atoms with E-state index in [4.69, 9.17) is 14.5 Å². The Labute approximate surface area is 219 Å². The highest BCUT2D eigenvalue weighted by Crippen LogP contribution is 2.23. The summed E-state index contributed by atoms with van der Waals surface area (Å²) in [4.78, 5) is 17.1. The second kappa shape index (κ2) is 12.9. The van der Waals surface area contributed by atoms with Crippen molar-refractivity contribution in [1.82, 2.24) is 14.9 Å². The van der Waals surface area contributed by atoms with Crippen LogP contribution in [0.25, 0.3) is 11.0 Å². The number of benzene rings is 3. The van der Waals surface area contributed by atoms with Gasteiger partial charge in [-0.15, -0.1) is 0 Å². The predicted octanol–water partition coefficient (Wildman–Crippen LogP) is 5.81. The molecule has 1 heterocycles. The van der Waals surface area contributed by atoms with Gasteiger partial charge in [0.1, 0.15) is 23.9 Å². The maximum Gasteiger partial charge on any atom is 0.224 e. The van der Waals surface area contributed by atoms with Crippen LogP contribution in [0.5, 0.6) is 11.5 Å². The fraction of sp³-hybridized carbons (Fsp3) is 0.355. The van der Waals surface area contributed by atoms with E-state index >= 15 is 0 Å². The SMILES string of the molecule is COc1ccc(CC(=O)NCCCCCc2nc3ccccc3n2CCOc2c(C)cccc2C)cc1. The molecule has 0 bridgehead atoms. The molecular weight excluding hydrogens is 462 g/mol. The lowest BCUT2D eigenvalue weighted by Gasteiger charge is -2.14. The smallest absolute Gasteiger partial charge is 0.224 e. The third-order valence-electron chi connectivity index (χ3n) is 6.63. The van der Waals surface area contributed by atoms with Gasteiger partial charge in [0.2, 0.25) is 5.91 Å². The first kappa shape index (κ1) is 26.3. The minimum absolute atomic E-state index is 0.0517. The van der Waals surface area contributed by atoms with Crippen molar-refractivity contribution in [3.63, 3.8) is 0 Å². The van der Waals surface area contributed by atoms with Crippen molar-refractivity contribution in [1.29, 1.82) is 0 Å². The van der Waals surface area contributed by atoms with Crippen molar-refractivity contribution in [2.75, 3.05) is 20.3 Å². The Morgan fingerprint density at radius 3 is 2.43 bits per heavy atom. The molecule has 0 aliphatic rings. The number of hydrogen-bond donors (Lipinski definition) is 1. The van der Waals surface area contributed by atoms with Crippen molar-refractivity contribution in [2.45, 2.75) is 52.5 Å². The van der Waals surface area contributed by atoms with Crippen molar-refractivity contribution in [2.24, 2.45) is 0 Å². The minimum Gasteiger partial charge on any atom is -0.497 e. The van der Waals surface area contributed by atoms with Crippen molar-refractivity contribution < 1.29 is 14.3 Å². The van der Waals surface area contributed by atoms with Crippen LogP contribution in [0.4, 0.5) is 0 Å². The van der Waals surface area contributed by atoms with Crippen LogP contribution in [0.15, 0.2) is 66.7 Å². The van der Waals surface area contributed by atoms with Crippen molar-refractivity contribution >= 4 is 16.9 Å². The molecule has 0 radical (unpaired) electrons. The number of nitrogens with zero attached hydrogens (tertiary/aromatic N) is 2. The van der Waals surface area contributed by atoms with Gasteiger partial charge in [0, 0.05) is 13.0 Å². The highest BCUT2D eigenvalue weighted by atomic mass is 16.5. The Balaban J connectivity index is 1.24. The molecule has 6 nitrogen and oxygen atoms in total. The zero-order chi connectivity index (χ0) is 26.0. The van der Waals surface area contributed by atoms with Crippen LogP contribution >= 0.6 is 0 Å². The van der Waals surface area contributed by atoms with E-state index in [1.54, 1.807) is 7.11 Å². The molecule has 0 aliphatic carbocycles. The molecule has 194 valence electrons. The number of methoxy groups -OCH3 is 1. The van der Waals surface area contributed by atoms with Gasteiger partial charge in [-0.3, -0.25) is 4.79 Å². The minimum atomic E-state index is 0.0517. The normalized spacial score (nSPS) is 11.0. The van der Waals surface area contributed by atoms with Crippen LogP contribution in [0.1, 0.15) is 41.8 Å². The lowest BCUT2D eigenvalue weighted by Crippen LogP contribution is -2.26. The van der Waals surface area contributed by atoms with E-state index in [1.165, 1.54) is 0 Å². The number of carbonyl (C=O) groups excluding carboxylic acids is 1. The van der Waals surface area contributed by atoms with E-state index in [0.29, 0.717) is 19.6 Å². The van der Waals surface area contributed by atoms with Gasteiger partial charge in [-0.25, -0.2) is 4.98 Å². The number of nitrogens with one attached hydrogen (secondary N) is 1. The Morgan fingerprint density at radius 1 is 0.919 bits per heavy atom. The van der Waals surface area contributed by atoms with Crippen LogP contribution in [-0.2, 0) is 24.2 Å². The second-order valence-electron chi connectivity index (χ2n) is 9.42. The van der Waals surface area contributed by atoms with E-state index in [-0.39, 0.29) is 5.91 Å². The van der Waals surface area contributed by atoms with Crippen LogP contribution in [0.3, 0.4) is 0 Å². The fourth-order valence-electron chi connectivity index (χ4n) is 4.64. The molecule has 0 aliphatic heterocycles. The maximum absolute atomic E-state index is 12.2. The van der Waals surface area contributed by atoms with Crippen LogP contribution in [0, 0.1) is 13.8 Å². The zero-order valence-electron chi connectivity index (χ0n) is 22.1. The highest BCUT2D eigenvalue weighted by Gasteiger charge is 2.11. The summed E-state index contributed by atoms with van der Waals surface area (Å²) >= 11 is 0. The number of para-hydroxylation sites is 3. The van der Waals surface area contributed by atoms with Gasteiger partial charge < -0.3 is 19.4 Å². The Kier molecular flexibility index (Phi) is 9.19. The van der Waals surface area contributed by atoms with E-state index in [0.717, 1.165) is 77.3 Å². The molecule has 4 aromatic rings. The Bertz CT molecular complexity index is 1290.